The Kier molecular flexibility index (Phi) is 15.7. The summed E-state index contributed by atoms with van der Waals surface area (Å²) in [4.78, 5) is 83.8. The number of hydrogen-bond donors (Lipinski definition) is 6. The number of aliphatic hydroxyl groups excluding tert-OH is 1. The number of unbranched alkanes of at least 4 members (excludes halogenated alkanes) is 2. The minimum absolute atomic E-state index is 0.00335. The van der Waals surface area contributed by atoms with Crippen LogP contribution in [0.1, 0.15) is 99.6 Å². The number of thiazole rings is 1. The first-order chi connectivity index (χ1) is 33.6. The predicted octanol–water partition coefficient (Wildman–Crippen LogP) is 6.22. The second kappa shape index (κ2) is 22.1. The van der Waals surface area contributed by atoms with Gasteiger partial charge in [0, 0.05) is 69.1 Å². The molecule has 2 aliphatic heterocycles. The van der Waals surface area contributed by atoms with Crippen molar-refractivity contribution in [1.82, 2.24) is 50.5 Å². The van der Waals surface area contributed by atoms with Crippen LogP contribution in [0.2, 0.25) is 0 Å². The van der Waals surface area contributed by atoms with Gasteiger partial charge in [0.1, 0.15) is 17.9 Å². The van der Waals surface area contributed by atoms with Crippen molar-refractivity contribution in [1.29, 1.82) is 0 Å². The molecule has 6 aromatic rings. The van der Waals surface area contributed by atoms with Gasteiger partial charge in [-0.1, -0.05) is 51.5 Å². The first-order valence-corrected chi connectivity index (χ1v) is 25.2. The molecular weight excluding hydrogens is 907 g/mol. The van der Waals surface area contributed by atoms with Crippen molar-refractivity contribution in [3.05, 3.63) is 95.0 Å². The summed E-state index contributed by atoms with van der Waals surface area (Å²) in [6.45, 7) is 11.0. The van der Waals surface area contributed by atoms with Crippen LogP contribution in [-0.2, 0) is 39.3 Å². The van der Waals surface area contributed by atoms with Crippen molar-refractivity contribution in [2.45, 2.75) is 110 Å². The van der Waals surface area contributed by atoms with Gasteiger partial charge in [0.25, 0.3) is 5.91 Å². The minimum Gasteiger partial charge on any atom is -0.391 e. The Balaban J connectivity index is 0.706. The molecule has 2 fully saturated rings. The van der Waals surface area contributed by atoms with E-state index in [-0.39, 0.29) is 49.6 Å². The topological polar surface area (TPSA) is 220 Å². The SMILES string of the molecule is Cc1ncsc1-c1ccc(CNC(=O)[C@@H]2C[C@@H](O)CN2C(=O)[C@@H](NC(=O)CCCCCC(=O)NCCC2CCN(Cc3nc4ccc(NC(=O)c5ccc6c(cnn6C)c5)cc4[nH]3)C2)C(C)(C)C)cc1. The van der Waals surface area contributed by atoms with E-state index in [1.54, 1.807) is 28.3 Å². The smallest absolute Gasteiger partial charge is 0.255 e. The fourth-order valence-electron chi connectivity index (χ4n) is 9.49. The van der Waals surface area contributed by atoms with Gasteiger partial charge in [-0.05, 0) is 98.0 Å². The van der Waals surface area contributed by atoms with Crippen LogP contribution < -0.4 is 21.3 Å². The monoisotopic (exact) mass is 971 g/mol. The predicted molar refractivity (Wildman–Crippen MR) is 271 cm³/mol. The van der Waals surface area contributed by atoms with Crippen molar-refractivity contribution in [2.24, 2.45) is 18.4 Å². The molecule has 18 heteroatoms. The lowest BCUT2D eigenvalue weighted by Crippen LogP contribution is -2.57. The van der Waals surface area contributed by atoms with Crippen LogP contribution in [0.3, 0.4) is 0 Å². The summed E-state index contributed by atoms with van der Waals surface area (Å²) in [5.74, 6) is 0.112. The van der Waals surface area contributed by atoms with Crippen molar-refractivity contribution < 1.29 is 29.1 Å². The van der Waals surface area contributed by atoms with E-state index in [4.69, 9.17) is 4.98 Å². The standard InChI is InChI=1S/C52H65N11O6S/c1-32-47(70-31-55-32)35-13-11-33(12-14-35)26-54-50(68)43-25-39(64)29-63(43)51(69)48(52(2,3)4)60-46(66)10-8-6-7-9-45(65)53-21-19-34-20-22-62(28-34)30-44-58-40-17-16-38(24-41(40)59-44)57-49(67)36-15-18-42-37(23-36)27-56-61(42)5/h11-18,23-24,27,31,34,39,43,48,64H,6-10,19-22,25-26,28-30H2,1-5H3,(H,53,65)(H,54,68)(H,57,67)(H,58,59)(H,60,66)/t34?,39-,43+,48-/m1/s1. The van der Waals surface area contributed by atoms with Crippen LogP contribution in [-0.4, -0.2) is 114 Å². The Hall–Kier alpha value is -6.50. The molecule has 3 aromatic heterocycles. The van der Waals surface area contributed by atoms with E-state index < -0.39 is 29.5 Å². The zero-order chi connectivity index (χ0) is 49.5. The molecule has 4 atom stereocenters. The quantitative estimate of drug-likeness (QED) is 0.0504. The number of rotatable bonds is 19. The summed E-state index contributed by atoms with van der Waals surface area (Å²) in [5.41, 5.74) is 7.98. The average molecular weight is 972 g/mol. The lowest BCUT2D eigenvalue weighted by Gasteiger charge is -2.35. The van der Waals surface area contributed by atoms with Gasteiger partial charge in [0.05, 0.1) is 51.5 Å². The Morgan fingerprint density at radius 3 is 2.49 bits per heavy atom. The number of imidazole rings is 1. The number of amides is 5. The Bertz CT molecular complexity index is 2830. The van der Waals surface area contributed by atoms with Crippen LogP contribution in [0.5, 0.6) is 0 Å². The van der Waals surface area contributed by atoms with Gasteiger partial charge in [-0.2, -0.15) is 5.10 Å². The second-order valence-corrected chi connectivity index (χ2v) is 20.8. The first-order valence-electron chi connectivity index (χ1n) is 24.3. The third-order valence-corrected chi connectivity index (χ3v) is 14.4. The van der Waals surface area contributed by atoms with Crippen LogP contribution >= 0.6 is 11.3 Å². The number of H-pyrrole nitrogens is 1. The van der Waals surface area contributed by atoms with Crippen LogP contribution in [0, 0.1) is 18.3 Å². The van der Waals surface area contributed by atoms with E-state index in [0.29, 0.717) is 55.9 Å². The molecule has 5 amide bonds. The Morgan fingerprint density at radius 1 is 0.943 bits per heavy atom. The molecule has 370 valence electrons. The molecule has 17 nitrogen and oxygen atoms in total. The minimum atomic E-state index is -0.900. The van der Waals surface area contributed by atoms with Gasteiger partial charge in [0.2, 0.25) is 23.6 Å². The van der Waals surface area contributed by atoms with Crippen molar-refractivity contribution in [3.8, 4) is 10.4 Å². The number of hydrogen-bond acceptors (Lipinski definition) is 11. The largest absolute Gasteiger partial charge is 0.391 e. The summed E-state index contributed by atoms with van der Waals surface area (Å²) in [6.07, 6.45) is 5.40. The highest BCUT2D eigenvalue weighted by Gasteiger charge is 2.44. The van der Waals surface area contributed by atoms with Crippen molar-refractivity contribution >= 4 is 68.5 Å². The third-order valence-electron chi connectivity index (χ3n) is 13.4. The molecule has 6 N–H and O–H groups in total. The number of carbonyl (C=O) groups excluding carboxylic acids is 5. The van der Waals surface area contributed by atoms with Crippen molar-refractivity contribution in [2.75, 3.05) is 31.5 Å². The number of β-amino-alcohol motifs (C(OH)–C–C–N with tert-alkyl or cyclic N) is 1. The molecule has 8 rings (SSSR count). The normalized spacial score (nSPS) is 17.8. The Labute approximate surface area is 412 Å². The molecular formula is C52H65N11O6S. The van der Waals surface area contributed by atoms with E-state index in [1.807, 2.05) is 94.9 Å². The maximum atomic E-state index is 14.0. The van der Waals surface area contributed by atoms with Crippen molar-refractivity contribution in [3.63, 3.8) is 0 Å². The maximum absolute atomic E-state index is 14.0. The lowest BCUT2D eigenvalue weighted by molar-refractivity contribution is -0.144. The number of benzene rings is 3. The first kappa shape index (κ1) is 49.9. The van der Waals surface area contributed by atoms with Gasteiger partial charge < -0.3 is 36.3 Å². The highest BCUT2D eigenvalue weighted by molar-refractivity contribution is 7.13. The molecule has 2 aliphatic rings. The fraction of sp³-hybridized carbons (Fsp3) is 0.462. The van der Waals surface area contributed by atoms with E-state index >= 15 is 0 Å². The number of aryl methyl sites for hydroxylation is 2. The molecule has 70 heavy (non-hydrogen) atoms. The molecule has 0 bridgehead atoms. The van der Waals surface area contributed by atoms with Gasteiger partial charge in [0.15, 0.2) is 0 Å². The number of aromatic nitrogens is 5. The molecule has 0 saturated carbocycles. The van der Waals surface area contributed by atoms with Gasteiger partial charge in [-0.15, -0.1) is 11.3 Å². The van der Waals surface area contributed by atoms with E-state index in [1.165, 1.54) is 4.90 Å². The number of likely N-dealkylation sites (tertiary alicyclic amines) is 2. The fourth-order valence-corrected chi connectivity index (χ4v) is 10.3. The molecule has 5 heterocycles. The molecule has 3 aromatic carbocycles. The van der Waals surface area contributed by atoms with Crippen LogP contribution in [0.25, 0.3) is 32.4 Å². The highest BCUT2D eigenvalue weighted by Crippen LogP contribution is 2.29. The Morgan fingerprint density at radius 2 is 1.73 bits per heavy atom. The van der Waals surface area contributed by atoms with Gasteiger partial charge >= 0.3 is 0 Å². The zero-order valence-electron chi connectivity index (χ0n) is 40.7. The number of fused-ring (bicyclic) bond motifs is 2. The van der Waals surface area contributed by atoms with E-state index in [2.05, 4.69) is 41.2 Å². The van der Waals surface area contributed by atoms with E-state index in [9.17, 15) is 29.1 Å². The molecule has 2 saturated heterocycles. The van der Waals surface area contributed by atoms with Crippen LogP contribution in [0.4, 0.5) is 5.69 Å². The molecule has 0 radical (unpaired) electrons. The number of carbonyl (C=O) groups is 5. The number of nitrogens with one attached hydrogen (secondary N) is 5. The zero-order valence-corrected chi connectivity index (χ0v) is 41.5. The number of nitrogens with zero attached hydrogens (tertiary/aromatic N) is 6. The summed E-state index contributed by atoms with van der Waals surface area (Å²) in [5, 5.41) is 27.7. The van der Waals surface area contributed by atoms with Crippen LogP contribution in [0.15, 0.2) is 72.4 Å². The molecule has 0 aliphatic carbocycles. The molecule has 1 unspecified atom stereocenters. The van der Waals surface area contributed by atoms with Gasteiger partial charge in [-0.25, -0.2) is 9.97 Å². The average Bonchev–Trinajstić information content (AvgIpc) is 4.19. The van der Waals surface area contributed by atoms with Gasteiger partial charge in [-0.3, -0.25) is 33.6 Å². The lowest BCUT2D eigenvalue weighted by atomic mass is 9.85. The highest BCUT2D eigenvalue weighted by atomic mass is 32.1. The molecule has 0 spiro atoms. The third kappa shape index (κ3) is 12.4. The van der Waals surface area contributed by atoms with E-state index in [0.717, 1.165) is 75.4 Å². The summed E-state index contributed by atoms with van der Waals surface area (Å²) >= 11 is 1.58. The summed E-state index contributed by atoms with van der Waals surface area (Å²) in [7, 11) is 1.87. The number of aromatic amines is 1. The number of anilines is 1. The second-order valence-electron chi connectivity index (χ2n) is 19.9. The summed E-state index contributed by atoms with van der Waals surface area (Å²) < 4.78 is 1.78. The number of aliphatic hydroxyl groups is 1. The summed E-state index contributed by atoms with van der Waals surface area (Å²) in [6, 6.07) is 17.3. The maximum Gasteiger partial charge on any atom is 0.255 e.